The minimum atomic E-state index is 0.487. The molecule has 1 aliphatic heterocycles. The second-order valence-corrected chi connectivity index (χ2v) is 4.67. The van der Waals surface area contributed by atoms with E-state index in [1.807, 2.05) is 19.2 Å². The molecular weight excluding hydrogens is 236 g/mol. The van der Waals surface area contributed by atoms with Crippen LogP contribution in [0.4, 0.5) is 5.82 Å². The number of nitrogens with zero attached hydrogens (tertiary/aromatic N) is 2. The number of fused-ring (bicyclic) bond motifs is 1. The predicted octanol–water partition coefficient (Wildman–Crippen LogP) is 2.58. The zero-order chi connectivity index (χ0) is 13.2. The van der Waals surface area contributed by atoms with Crippen molar-refractivity contribution in [3.05, 3.63) is 59.2 Å². The number of nitriles is 1. The second-order valence-electron chi connectivity index (χ2n) is 4.67. The molecule has 0 amide bonds. The Labute approximate surface area is 112 Å². The van der Waals surface area contributed by atoms with Gasteiger partial charge in [-0.3, -0.25) is 0 Å². The van der Waals surface area contributed by atoms with E-state index in [4.69, 9.17) is 5.26 Å². The third-order valence-electron chi connectivity index (χ3n) is 3.36. The third-order valence-corrected chi connectivity index (χ3v) is 3.36. The second kappa shape index (κ2) is 4.62. The van der Waals surface area contributed by atoms with Crippen LogP contribution >= 0.6 is 0 Å². The maximum absolute atomic E-state index is 8.89. The highest BCUT2D eigenvalue weighted by atomic mass is 15.0. The van der Waals surface area contributed by atoms with Crippen LogP contribution in [-0.2, 0) is 0 Å². The van der Waals surface area contributed by atoms with Crippen molar-refractivity contribution in [1.29, 1.82) is 5.26 Å². The summed E-state index contributed by atoms with van der Waals surface area (Å²) in [4.78, 5) is 4.38. The van der Waals surface area contributed by atoms with Gasteiger partial charge in [0.2, 0.25) is 0 Å². The number of hydrogen-bond donors (Lipinski definition) is 2. The number of anilines is 1. The van der Waals surface area contributed by atoms with Crippen LogP contribution in [-0.4, -0.2) is 4.98 Å². The molecule has 4 heteroatoms. The lowest BCUT2D eigenvalue weighted by atomic mass is 9.97. The number of aromatic nitrogens is 1. The molecule has 0 spiro atoms. The number of aryl methyl sites for hydroxylation is 1. The summed E-state index contributed by atoms with van der Waals surface area (Å²) in [6, 6.07) is 5.74. The fraction of sp³-hybridized carbons (Fsp3) is 0.200. The number of pyridine rings is 1. The molecule has 0 fully saturated rings. The summed E-state index contributed by atoms with van der Waals surface area (Å²) in [5.41, 5.74) is 3.62. The minimum absolute atomic E-state index is 0.487. The van der Waals surface area contributed by atoms with Gasteiger partial charge >= 0.3 is 0 Å². The Kier molecular flexibility index (Phi) is 2.81. The molecule has 3 rings (SSSR count). The molecule has 0 bridgehead atoms. The molecule has 1 aromatic rings. The van der Waals surface area contributed by atoms with Gasteiger partial charge in [-0.05, 0) is 37.8 Å². The minimum Gasteiger partial charge on any atom is -0.365 e. The molecule has 0 saturated heterocycles. The van der Waals surface area contributed by atoms with Crippen molar-refractivity contribution in [1.82, 2.24) is 10.3 Å². The first-order valence-corrected chi connectivity index (χ1v) is 6.26. The van der Waals surface area contributed by atoms with Crippen molar-refractivity contribution < 1.29 is 0 Å². The lowest BCUT2D eigenvalue weighted by Crippen LogP contribution is -2.13. The number of allylic oxidation sites excluding steroid dienone is 3. The standard InChI is InChI=1S/C15H14N4/c1-10-12(9-16)3-5-15(18-10)19-13-4-2-11-6-7-17-14(11)8-13/h3-8,11,17H,2H2,1H3,(H,18,19). The van der Waals surface area contributed by atoms with Gasteiger partial charge in [0.15, 0.2) is 0 Å². The third kappa shape index (κ3) is 2.23. The summed E-state index contributed by atoms with van der Waals surface area (Å²) in [5.74, 6) is 1.25. The highest BCUT2D eigenvalue weighted by Crippen LogP contribution is 2.27. The van der Waals surface area contributed by atoms with E-state index in [1.165, 1.54) is 5.70 Å². The highest BCUT2D eigenvalue weighted by molar-refractivity contribution is 5.50. The van der Waals surface area contributed by atoms with Gasteiger partial charge in [0.05, 0.1) is 11.3 Å². The first kappa shape index (κ1) is 11.5. The van der Waals surface area contributed by atoms with Crippen LogP contribution < -0.4 is 10.6 Å². The SMILES string of the molecule is Cc1nc(NC2=CCC3C=CNC3=C2)ccc1C#N. The molecule has 0 saturated carbocycles. The van der Waals surface area contributed by atoms with Gasteiger partial charge in [-0.25, -0.2) is 4.98 Å². The summed E-state index contributed by atoms with van der Waals surface area (Å²) < 4.78 is 0. The van der Waals surface area contributed by atoms with E-state index >= 15 is 0 Å². The molecule has 1 aliphatic carbocycles. The van der Waals surface area contributed by atoms with E-state index in [2.05, 4.69) is 39.9 Å². The number of rotatable bonds is 2. The van der Waals surface area contributed by atoms with E-state index in [0.29, 0.717) is 11.5 Å². The summed E-state index contributed by atoms with van der Waals surface area (Å²) in [5, 5.41) is 15.4. The van der Waals surface area contributed by atoms with E-state index in [-0.39, 0.29) is 0 Å². The lowest BCUT2D eigenvalue weighted by Gasteiger charge is -2.17. The largest absolute Gasteiger partial charge is 0.365 e. The van der Waals surface area contributed by atoms with Crippen LogP contribution in [0.2, 0.25) is 0 Å². The molecule has 0 radical (unpaired) electrons. The van der Waals surface area contributed by atoms with Crippen LogP contribution in [0.1, 0.15) is 17.7 Å². The Hall–Kier alpha value is -2.54. The van der Waals surface area contributed by atoms with E-state index in [9.17, 15) is 0 Å². The van der Waals surface area contributed by atoms with Crippen molar-refractivity contribution in [2.45, 2.75) is 13.3 Å². The monoisotopic (exact) mass is 250 g/mol. The van der Waals surface area contributed by atoms with Gasteiger partial charge in [-0.1, -0.05) is 12.2 Å². The first-order chi connectivity index (χ1) is 9.26. The highest BCUT2D eigenvalue weighted by Gasteiger charge is 2.18. The molecule has 19 heavy (non-hydrogen) atoms. The Morgan fingerprint density at radius 3 is 3.16 bits per heavy atom. The van der Waals surface area contributed by atoms with Crippen molar-refractivity contribution >= 4 is 5.82 Å². The molecule has 1 atom stereocenters. The zero-order valence-corrected chi connectivity index (χ0v) is 10.6. The maximum atomic E-state index is 8.89. The number of nitrogens with one attached hydrogen (secondary N) is 2. The zero-order valence-electron chi connectivity index (χ0n) is 10.6. The maximum Gasteiger partial charge on any atom is 0.130 e. The average Bonchev–Trinajstić information content (AvgIpc) is 2.86. The van der Waals surface area contributed by atoms with Crippen molar-refractivity contribution in [2.24, 2.45) is 5.92 Å². The lowest BCUT2D eigenvalue weighted by molar-refractivity contribution is 0.749. The van der Waals surface area contributed by atoms with Gasteiger partial charge in [0.1, 0.15) is 11.9 Å². The first-order valence-electron chi connectivity index (χ1n) is 6.26. The quantitative estimate of drug-likeness (QED) is 0.847. The van der Waals surface area contributed by atoms with Crippen LogP contribution in [0.25, 0.3) is 0 Å². The smallest absolute Gasteiger partial charge is 0.130 e. The fourth-order valence-corrected chi connectivity index (χ4v) is 2.29. The normalized spacial score (nSPS) is 19.9. The van der Waals surface area contributed by atoms with Gasteiger partial charge in [-0.2, -0.15) is 5.26 Å². The van der Waals surface area contributed by atoms with Gasteiger partial charge in [0, 0.05) is 17.3 Å². The van der Waals surface area contributed by atoms with Crippen LogP contribution in [0, 0.1) is 24.2 Å². The van der Waals surface area contributed by atoms with Gasteiger partial charge in [0.25, 0.3) is 0 Å². The molecule has 94 valence electrons. The Bertz CT molecular complexity index is 647. The summed E-state index contributed by atoms with van der Waals surface area (Å²) in [7, 11) is 0. The molecular formula is C15H14N4. The van der Waals surface area contributed by atoms with Crippen LogP contribution in [0.3, 0.4) is 0 Å². The van der Waals surface area contributed by atoms with E-state index in [1.54, 1.807) is 6.07 Å². The Balaban J connectivity index is 1.78. The summed E-state index contributed by atoms with van der Waals surface area (Å²) in [6.45, 7) is 1.84. The van der Waals surface area contributed by atoms with Crippen LogP contribution in [0.15, 0.2) is 48.0 Å². The van der Waals surface area contributed by atoms with Crippen molar-refractivity contribution in [3.8, 4) is 6.07 Å². The molecule has 4 nitrogen and oxygen atoms in total. The predicted molar refractivity (Wildman–Crippen MR) is 73.9 cm³/mol. The molecule has 2 aliphatic rings. The Morgan fingerprint density at radius 2 is 2.37 bits per heavy atom. The fourth-order valence-electron chi connectivity index (χ4n) is 2.29. The summed E-state index contributed by atoms with van der Waals surface area (Å²) >= 11 is 0. The molecule has 1 aromatic heterocycles. The van der Waals surface area contributed by atoms with Crippen LogP contribution in [0.5, 0.6) is 0 Å². The number of hydrogen-bond acceptors (Lipinski definition) is 4. The molecule has 0 aromatic carbocycles. The molecule has 2 heterocycles. The summed E-state index contributed by atoms with van der Waals surface area (Å²) in [6.07, 6.45) is 9.41. The van der Waals surface area contributed by atoms with E-state index in [0.717, 1.165) is 23.6 Å². The molecule has 1 unspecified atom stereocenters. The topological polar surface area (TPSA) is 60.7 Å². The Morgan fingerprint density at radius 1 is 1.47 bits per heavy atom. The molecule has 2 N–H and O–H groups in total. The van der Waals surface area contributed by atoms with Crippen molar-refractivity contribution in [3.63, 3.8) is 0 Å². The van der Waals surface area contributed by atoms with Gasteiger partial charge in [-0.15, -0.1) is 0 Å². The average molecular weight is 250 g/mol. The van der Waals surface area contributed by atoms with Crippen molar-refractivity contribution in [2.75, 3.05) is 5.32 Å². The van der Waals surface area contributed by atoms with E-state index < -0.39 is 0 Å². The van der Waals surface area contributed by atoms with Gasteiger partial charge < -0.3 is 10.6 Å².